The highest BCUT2D eigenvalue weighted by Gasteiger charge is 2.51. The summed E-state index contributed by atoms with van der Waals surface area (Å²) in [5.41, 5.74) is 1.30. The predicted octanol–water partition coefficient (Wildman–Crippen LogP) is 5.27. The molecule has 1 fully saturated rings. The van der Waals surface area contributed by atoms with E-state index in [-0.39, 0.29) is 5.78 Å². The SMILES string of the molecule is Cc1ccc([S@](=O)c2ccccc2[C@](C)(C#N)[C@H]2CCC(=O)[C@@H]2[C@H](O)c2ccccc2)cc1. The zero-order valence-electron chi connectivity index (χ0n) is 18.8. The van der Waals surface area contributed by atoms with Crippen LogP contribution >= 0.6 is 0 Å². The lowest BCUT2D eigenvalue weighted by molar-refractivity contribution is -0.125. The zero-order valence-corrected chi connectivity index (χ0v) is 19.6. The summed E-state index contributed by atoms with van der Waals surface area (Å²) in [4.78, 5) is 14.2. The van der Waals surface area contributed by atoms with Crippen LogP contribution < -0.4 is 0 Å². The second kappa shape index (κ2) is 9.43. The normalized spacial score (nSPS) is 21.7. The van der Waals surface area contributed by atoms with Crippen molar-refractivity contribution in [2.75, 3.05) is 0 Å². The van der Waals surface area contributed by atoms with Gasteiger partial charge in [0.15, 0.2) is 0 Å². The summed E-state index contributed by atoms with van der Waals surface area (Å²) in [5.74, 6) is -1.13. The number of aliphatic hydroxyl groups excluding tert-OH is 1. The summed E-state index contributed by atoms with van der Waals surface area (Å²) in [5, 5.41) is 21.6. The number of benzene rings is 3. The first-order chi connectivity index (χ1) is 15.9. The van der Waals surface area contributed by atoms with Gasteiger partial charge in [0.25, 0.3) is 0 Å². The Morgan fingerprint density at radius 3 is 2.33 bits per heavy atom. The summed E-state index contributed by atoms with van der Waals surface area (Å²) in [6, 6.07) is 26.4. The van der Waals surface area contributed by atoms with Gasteiger partial charge in [-0.25, -0.2) is 4.21 Å². The molecule has 0 unspecified atom stereocenters. The number of nitriles is 1. The molecule has 5 heteroatoms. The van der Waals surface area contributed by atoms with Crippen LogP contribution in [0.25, 0.3) is 0 Å². The van der Waals surface area contributed by atoms with Crippen LogP contribution in [0.15, 0.2) is 88.7 Å². The van der Waals surface area contributed by atoms with Gasteiger partial charge in [-0.1, -0.05) is 66.2 Å². The number of aliphatic hydroxyl groups is 1. The van der Waals surface area contributed by atoms with Crippen molar-refractivity contribution in [3.8, 4) is 6.07 Å². The maximum Gasteiger partial charge on any atom is 0.139 e. The highest BCUT2D eigenvalue weighted by Crippen LogP contribution is 2.49. The molecule has 4 rings (SSSR count). The molecule has 0 heterocycles. The number of aryl methyl sites for hydroxylation is 1. The molecule has 0 saturated heterocycles. The minimum atomic E-state index is -1.48. The minimum Gasteiger partial charge on any atom is -0.388 e. The number of ketones is 1. The van der Waals surface area contributed by atoms with Gasteiger partial charge in [-0.3, -0.25) is 4.79 Å². The van der Waals surface area contributed by atoms with E-state index in [2.05, 4.69) is 6.07 Å². The van der Waals surface area contributed by atoms with Crippen molar-refractivity contribution in [2.24, 2.45) is 11.8 Å². The number of hydrogen-bond donors (Lipinski definition) is 1. The van der Waals surface area contributed by atoms with Crippen LogP contribution in [0.3, 0.4) is 0 Å². The molecule has 1 N–H and O–H groups in total. The maximum atomic E-state index is 13.5. The van der Waals surface area contributed by atoms with Crippen molar-refractivity contribution in [1.29, 1.82) is 5.26 Å². The summed E-state index contributed by atoms with van der Waals surface area (Å²) >= 11 is 0. The molecule has 0 bridgehead atoms. The van der Waals surface area contributed by atoms with Crippen LogP contribution in [-0.2, 0) is 21.0 Å². The van der Waals surface area contributed by atoms with Gasteiger partial charge in [0, 0.05) is 16.2 Å². The quantitative estimate of drug-likeness (QED) is 0.547. The summed E-state index contributed by atoms with van der Waals surface area (Å²) in [6.07, 6.45) is -0.170. The van der Waals surface area contributed by atoms with Gasteiger partial charge in [0.05, 0.1) is 34.3 Å². The van der Waals surface area contributed by atoms with E-state index in [1.165, 1.54) is 0 Å². The Labute approximate surface area is 197 Å². The number of Topliss-reactive ketones (excluding diaryl/α,β-unsaturated/α-hetero) is 1. The van der Waals surface area contributed by atoms with Gasteiger partial charge in [-0.15, -0.1) is 0 Å². The molecule has 33 heavy (non-hydrogen) atoms. The first kappa shape index (κ1) is 23.1. The molecule has 1 aliphatic carbocycles. The van der Waals surface area contributed by atoms with Crippen molar-refractivity contribution in [3.05, 3.63) is 95.6 Å². The van der Waals surface area contributed by atoms with Gasteiger partial charge in [0.1, 0.15) is 5.78 Å². The molecule has 0 spiro atoms. The number of nitrogens with zero attached hydrogens (tertiary/aromatic N) is 1. The fourth-order valence-electron chi connectivity index (χ4n) is 4.96. The van der Waals surface area contributed by atoms with E-state index >= 15 is 0 Å². The molecule has 3 aromatic carbocycles. The van der Waals surface area contributed by atoms with Crippen molar-refractivity contribution >= 4 is 16.6 Å². The van der Waals surface area contributed by atoms with E-state index < -0.39 is 34.2 Å². The topological polar surface area (TPSA) is 78.2 Å². The molecule has 0 aliphatic heterocycles. The number of rotatable bonds is 6. The van der Waals surface area contributed by atoms with E-state index in [0.717, 1.165) is 5.56 Å². The lowest BCUT2D eigenvalue weighted by Crippen LogP contribution is -2.38. The molecule has 168 valence electrons. The van der Waals surface area contributed by atoms with E-state index in [1.807, 2.05) is 74.5 Å². The number of carbonyl (C=O) groups excluding carboxylic acids is 1. The van der Waals surface area contributed by atoms with Crippen molar-refractivity contribution in [1.82, 2.24) is 0 Å². The van der Waals surface area contributed by atoms with Crippen LogP contribution in [0, 0.1) is 30.1 Å². The first-order valence-corrected chi connectivity index (χ1v) is 12.3. The molecule has 1 saturated carbocycles. The molecule has 0 aromatic heterocycles. The Bertz CT molecular complexity index is 1220. The summed E-state index contributed by atoms with van der Waals surface area (Å²) in [7, 11) is -1.48. The average molecular weight is 458 g/mol. The third-order valence-electron chi connectivity index (χ3n) is 6.84. The van der Waals surface area contributed by atoms with E-state index in [9.17, 15) is 19.4 Å². The van der Waals surface area contributed by atoms with Gasteiger partial charge < -0.3 is 5.11 Å². The maximum absolute atomic E-state index is 13.5. The first-order valence-electron chi connectivity index (χ1n) is 11.1. The van der Waals surface area contributed by atoms with E-state index in [0.29, 0.717) is 33.8 Å². The fourth-order valence-corrected chi connectivity index (χ4v) is 6.28. The lowest BCUT2D eigenvalue weighted by atomic mass is 9.66. The van der Waals surface area contributed by atoms with Gasteiger partial charge >= 0.3 is 0 Å². The second-order valence-corrected chi connectivity index (χ2v) is 10.3. The standard InChI is InChI=1S/C28H27NO3S/c1-19-12-14-21(15-13-19)33(32)25-11-7-6-10-22(25)28(2,18-29)23-16-17-24(30)26(23)27(31)20-8-4-3-5-9-20/h3-15,23,26-27,31H,16-17H2,1-2H3/t23-,26+,27+,28-,33-/m0/s1. The zero-order chi connectivity index (χ0) is 23.6. The average Bonchev–Trinajstić information content (AvgIpc) is 3.25. The molecular weight excluding hydrogens is 430 g/mol. The lowest BCUT2D eigenvalue weighted by Gasteiger charge is -2.36. The summed E-state index contributed by atoms with van der Waals surface area (Å²) in [6.45, 7) is 3.79. The Balaban J connectivity index is 1.77. The highest BCUT2D eigenvalue weighted by atomic mass is 32.2. The Morgan fingerprint density at radius 1 is 1.03 bits per heavy atom. The van der Waals surface area contributed by atoms with Crippen LogP contribution in [-0.4, -0.2) is 15.1 Å². The Kier molecular flexibility index (Phi) is 6.60. The Hall–Kier alpha value is -3.07. The molecule has 5 atom stereocenters. The third kappa shape index (κ3) is 4.29. The highest BCUT2D eigenvalue weighted by molar-refractivity contribution is 7.85. The Morgan fingerprint density at radius 2 is 1.67 bits per heavy atom. The van der Waals surface area contributed by atoms with E-state index in [4.69, 9.17) is 0 Å². The molecular formula is C28H27NO3S. The van der Waals surface area contributed by atoms with Crippen molar-refractivity contribution in [2.45, 2.75) is 48.0 Å². The number of carbonyl (C=O) groups is 1. The van der Waals surface area contributed by atoms with Gasteiger partial charge in [0.2, 0.25) is 0 Å². The smallest absolute Gasteiger partial charge is 0.139 e. The minimum absolute atomic E-state index is 0.0324. The van der Waals surface area contributed by atoms with Crippen LogP contribution in [0.4, 0.5) is 0 Å². The molecule has 0 radical (unpaired) electrons. The molecule has 3 aromatic rings. The fraction of sp³-hybridized carbons (Fsp3) is 0.286. The molecule has 1 aliphatic rings. The molecule has 4 nitrogen and oxygen atoms in total. The van der Waals surface area contributed by atoms with E-state index in [1.54, 1.807) is 18.2 Å². The number of hydrogen-bond acceptors (Lipinski definition) is 4. The largest absolute Gasteiger partial charge is 0.388 e. The second-order valence-electron chi connectivity index (χ2n) is 8.88. The summed E-state index contributed by atoms with van der Waals surface area (Å²) < 4.78 is 13.5. The van der Waals surface area contributed by atoms with Gasteiger partial charge in [-0.05, 0) is 55.5 Å². The monoisotopic (exact) mass is 457 g/mol. The van der Waals surface area contributed by atoms with Crippen LogP contribution in [0.1, 0.15) is 42.6 Å². The molecule has 0 amide bonds. The van der Waals surface area contributed by atoms with Crippen LogP contribution in [0.5, 0.6) is 0 Å². The van der Waals surface area contributed by atoms with Crippen molar-refractivity contribution < 1.29 is 14.1 Å². The predicted molar refractivity (Wildman–Crippen MR) is 128 cm³/mol. The van der Waals surface area contributed by atoms with Crippen LogP contribution in [0.2, 0.25) is 0 Å². The third-order valence-corrected chi connectivity index (χ3v) is 8.30. The van der Waals surface area contributed by atoms with Gasteiger partial charge in [-0.2, -0.15) is 5.26 Å². The van der Waals surface area contributed by atoms with Crippen molar-refractivity contribution in [3.63, 3.8) is 0 Å².